The van der Waals surface area contributed by atoms with Crippen LogP contribution in [-0.2, 0) is 19.6 Å². The summed E-state index contributed by atoms with van der Waals surface area (Å²) in [5.41, 5.74) is 0.636. The number of nitrogens with zero attached hydrogens (tertiary/aromatic N) is 2. The number of nitrogens with one attached hydrogen (secondary N) is 1. The summed E-state index contributed by atoms with van der Waals surface area (Å²) >= 11 is 0. The van der Waals surface area contributed by atoms with E-state index in [-0.39, 0.29) is 16.0 Å². The fourth-order valence-electron chi connectivity index (χ4n) is 2.95. The molecular formula is C20H19N3O5S. The van der Waals surface area contributed by atoms with Crippen LogP contribution in [0, 0.1) is 11.3 Å². The van der Waals surface area contributed by atoms with E-state index in [1.165, 1.54) is 28.6 Å². The average Bonchev–Trinajstić information content (AvgIpc) is 3.28. The predicted octanol–water partition coefficient (Wildman–Crippen LogP) is 2.14. The molecule has 1 saturated heterocycles. The van der Waals surface area contributed by atoms with Gasteiger partial charge in [-0.2, -0.15) is 9.57 Å². The standard InChI is InChI=1S/C20H19N3O5S/c21-13-16-6-1-2-9-18(16)22-19(24)14-28-20(25)15-7-5-8-17(12-15)29(26,27)23-10-3-4-11-23/h1-2,5-9,12H,3-4,10-11,14H2,(H,22,24). The number of nitriles is 1. The minimum Gasteiger partial charge on any atom is -0.452 e. The van der Waals surface area contributed by atoms with Gasteiger partial charge in [0.15, 0.2) is 6.61 Å². The lowest BCUT2D eigenvalue weighted by molar-refractivity contribution is -0.119. The maximum Gasteiger partial charge on any atom is 0.338 e. The second-order valence-corrected chi connectivity index (χ2v) is 8.36. The lowest BCUT2D eigenvalue weighted by atomic mass is 10.2. The molecule has 0 radical (unpaired) electrons. The Morgan fingerprint density at radius 3 is 2.55 bits per heavy atom. The van der Waals surface area contributed by atoms with Gasteiger partial charge in [0, 0.05) is 13.1 Å². The molecule has 0 spiro atoms. The first kappa shape index (κ1) is 20.5. The van der Waals surface area contributed by atoms with E-state index < -0.39 is 28.5 Å². The molecule has 1 aliphatic rings. The van der Waals surface area contributed by atoms with Crippen LogP contribution in [0.5, 0.6) is 0 Å². The van der Waals surface area contributed by atoms with E-state index in [4.69, 9.17) is 10.00 Å². The second-order valence-electron chi connectivity index (χ2n) is 6.42. The molecule has 0 aromatic heterocycles. The van der Waals surface area contributed by atoms with E-state index in [1.807, 2.05) is 6.07 Å². The smallest absolute Gasteiger partial charge is 0.338 e. The first-order valence-electron chi connectivity index (χ1n) is 8.98. The van der Waals surface area contributed by atoms with Gasteiger partial charge in [0.05, 0.1) is 21.7 Å². The highest BCUT2D eigenvalue weighted by Gasteiger charge is 2.27. The van der Waals surface area contributed by atoms with Gasteiger partial charge in [-0.3, -0.25) is 4.79 Å². The minimum atomic E-state index is -3.66. The van der Waals surface area contributed by atoms with Crippen molar-refractivity contribution in [3.8, 4) is 6.07 Å². The normalized spacial score (nSPS) is 14.2. The van der Waals surface area contributed by atoms with Crippen LogP contribution in [0.15, 0.2) is 53.4 Å². The molecule has 0 atom stereocenters. The Kier molecular flexibility index (Phi) is 6.26. The quantitative estimate of drug-likeness (QED) is 0.725. The van der Waals surface area contributed by atoms with E-state index in [0.29, 0.717) is 18.8 Å². The van der Waals surface area contributed by atoms with Crippen LogP contribution in [-0.4, -0.2) is 44.3 Å². The molecule has 1 N–H and O–H groups in total. The number of hydrogen-bond acceptors (Lipinski definition) is 6. The molecule has 3 rings (SSSR count). The third-order valence-electron chi connectivity index (χ3n) is 4.43. The van der Waals surface area contributed by atoms with Crippen LogP contribution in [0.1, 0.15) is 28.8 Å². The molecule has 1 heterocycles. The number of ether oxygens (including phenoxy) is 1. The largest absolute Gasteiger partial charge is 0.452 e. The van der Waals surface area contributed by atoms with Crippen molar-refractivity contribution in [3.63, 3.8) is 0 Å². The molecule has 1 fully saturated rings. The Balaban J connectivity index is 1.64. The molecule has 1 aliphatic heterocycles. The first-order chi connectivity index (χ1) is 13.9. The molecule has 9 heteroatoms. The fraction of sp³-hybridized carbons (Fsp3) is 0.250. The predicted molar refractivity (Wildman–Crippen MR) is 105 cm³/mol. The van der Waals surface area contributed by atoms with Crippen molar-refractivity contribution in [2.45, 2.75) is 17.7 Å². The summed E-state index contributed by atoms with van der Waals surface area (Å²) in [6.45, 7) is 0.352. The van der Waals surface area contributed by atoms with Gasteiger partial charge in [-0.25, -0.2) is 13.2 Å². The van der Waals surface area contributed by atoms with Crippen LogP contribution in [0.2, 0.25) is 0 Å². The summed E-state index contributed by atoms with van der Waals surface area (Å²) in [5.74, 6) is -1.42. The van der Waals surface area contributed by atoms with Gasteiger partial charge in [0.25, 0.3) is 5.91 Å². The molecule has 29 heavy (non-hydrogen) atoms. The lowest BCUT2D eigenvalue weighted by Gasteiger charge is -2.15. The summed E-state index contributed by atoms with van der Waals surface area (Å²) in [5, 5.41) is 11.5. The summed E-state index contributed by atoms with van der Waals surface area (Å²) in [7, 11) is -3.66. The van der Waals surface area contributed by atoms with Crippen LogP contribution >= 0.6 is 0 Å². The van der Waals surface area contributed by atoms with E-state index in [9.17, 15) is 18.0 Å². The molecule has 2 aromatic rings. The van der Waals surface area contributed by atoms with Crippen molar-refractivity contribution in [3.05, 3.63) is 59.7 Å². The molecule has 2 aromatic carbocycles. The Morgan fingerprint density at radius 2 is 1.83 bits per heavy atom. The van der Waals surface area contributed by atoms with E-state index in [2.05, 4.69) is 5.32 Å². The summed E-state index contributed by atoms with van der Waals surface area (Å²) < 4.78 is 31.6. The summed E-state index contributed by atoms with van der Waals surface area (Å²) in [4.78, 5) is 24.3. The first-order valence-corrected chi connectivity index (χ1v) is 10.4. The van der Waals surface area contributed by atoms with Crippen LogP contribution < -0.4 is 5.32 Å². The number of rotatable bonds is 6. The SMILES string of the molecule is N#Cc1ccccc1NC(=O)COC(=O)c1cccc(S(=O)(=O)N2CCCC2)c1. The molecule has 150 valence electrons. The highest BCUT2D eigenvalue weighted by molar-refractivity contribution is 7.89. The summed E-state index contributed by atoms with van der Waals surface area (Å²) in [6, 6.07) is 13.9. The van der Waals surface area contributed by atoms with Crippen molar-refractivity contribution < 1.29 is 22.7 Å². The topological polar surface area (TPSA) is 117 Å². The van der Waals surface area contributed by atoms with Crippen molar-refractivity contribution >= 4 is 27.6 Å². The highest BCUT2D eigenvalue weighted by atomic mass is 32.2. The zero-order valence-corrected chi connectivity index (χ0v) is 16.3. The third kappa shape index (κ3) is 4.80. The number of para-hydroxylation sites is 1. The third-order valence-corrected chi connectivity index (χ3v) is 6.32. The molecule has 0 bridgehead atoms. The van der Waals surface area contributed by atoms with Crippen molar-refractivity contribution in [1.82, 2.24) is 4.31 Å². The Hall–Kier alpha value is -3.22. The molecule has 8 nitrogen and oxygen atoms in total. The number of carbonyl (C=O) groups excluding carboxylic acids is 2. The van der Waals surface area contributed by atoms with E-state index in [0.717, 1.165) is 12.8 Å². The van der Waals surface area contributed by atoms with Crippen molar-refractivity contribution in [2.24, 2.45) is 0 Å². The number of amides is 1. The zero-order valence-electron chi connectivity index (χ0n) is 15.5. The fourth-order valence-corrected chi connectivity index (χ4v) is 4.51. The maximum absolute atomic E-state index is 12.6. The maximum atomic E-state index is 12.6. The number of esters is 1. The van der Waals surface area contributed by atoms with Gasteiger partial charge in [-0.1, -0.05) is 18.2 Å². The zero-order chi connectivity index (χ0) is 20.9. The highest BCUT2D eigenvalue weighted by Crippen LogP contribution is 2.22. The van der Waals surface area contributed by atoms with Crippen molar-refractivity contribution in [2.75, 3.05) is 25.0 Å². The molecule has 0 saturated carbocycles. The van der Waals surface area contributed by atoms with Gasteiger partial charge >= 0.3 is 5.97 Å². The number of sulfonamides is 1. The van der Waals surface area contributed by atoms with Crippen LogP contribution in [0.3, 0.4) is 0 Å². The molecule has 0 unspecified atom stereocenters. The van der Waals surface area contributed by atoms with Gasteiger partial charge in [-0.05, 0) is 43.2 Å². The number of benzene rings is 2. The number of hydrogen-bond donors (Lipinski definition) is 1. The van der Waals surface area contributed by atoms with Crippen molar-refractivity contribution in [1.29, 1.82) is 5.26 Å². The second kappa shape index (κ2) is 8.86. The van der Waals surface area contributed by atoms with Gasteiger partial charge in [-0.15, -0.1) is 0 Å². The lowest BCUT2D eigenvalue weighted by Crippen LogP contribution is -2.28. The van der Waals surface area contributed by atoms with Gasteiger partial charge in [0.1, 0.15) is 6.07 Å². The molecule has 0 aliphatic carbocycles. The summed E-state index contributed by atoms with van der Waals surface area (Å²) in [6.07, 6.45) is 1.62. The van der Waals surface area contributed by atoms with Gasteiger partial charge < -0.3 is 10.1 Å². The average molecular weight is 413 g/mol. The van der Waals surface area contributed by atoms with Crippen LogP contribution in [0.4, 0.5) is 5.69 Å². The molecular weight excluding hydrogens is 394 g/mol. The molecule has 1 amide bonds. The number of carbonyl (C=O) groups is 2. The Labute approximate surface area is 168 Å². The van der Waals surface area contributed by atoms with E-state index in [1.54, 1.807) is 24.3 Å². The number of anilines is 1. The Morgan fingerprint density at radius 1 is 1.10 bits per heavy atom. The van der Waals surface area contributed by atoms with E-state index >= 15 is 0 Å². The van der Waals surface area contributed by atoms with Gasteiger partial charge in [0.2, 0.25) is 10.0 Å². The van der Waals surface area contributed by atoms with Crippen LogP contribution in [0.25, 0.3) is 0 Å². The minimum absolute atomic E-state index is 0.0150. The monoisotopic (exact) mass is 413 g/mol. The Bertz CT molecular complexity index is 1070.